The number of rotatable bonds is 5. The van der Waals surface area contributed by atoms with Crippen LogP contribution in [0.15, 0.2) is 48.5 Å². The lowest BCUT2D eigenvalue weighted by Crippen LogP contribution is -2.38. The number of benzene rings is 2. The Morgan fingerprint density at radius 1 is 1.16 bits per heavy atom. The summed E-state index contributed by atoms with van der Waals surface area (Å²) in [5, 5.41) is 6.65. The first-order valence-electron chi connectivity index (χ1n) is 8.73. The highest BCUT2D eigenvalue weighted by atomic mass is 35.5. The minimum atomic E-state index is -0.193. The lowest BCUT2D eigenvalue weighted by molar-refractivity contribution is 0.227. The first-order chi connectivity index (χ1) is 12.1. The number of halogens is 1. The molecule has 132 valence electrons. The van der Waals surface area contributed by atoms with E-state index < -0.39 is 0 Å². The molecule has 1 aliphatic rings. The number of anilines is 1. The average molecular weight is 358 g/mol. The number of carbonyl (C=O) groups is 1. The van der Waals surface area contributed by atoms with Crippen molar-refractivity contribution in [1.82, 2.24) is 10.2 Å². The fraction of sp³-hybridized carbons (Fsp3) is 0.350. The summed E-state index contributed by atoms with van der Waals surface area (Å²) >= 11 is 6.40. The van der Waals surface area contributed by atoms with Gasteiger partial charge in [-0.05, 0) is 62.2 Å². The van der Waals surface area contributed by atoms with E-state index in [0.29, 0.717) is 6.54 Å². The number of urea groups is 1. The first-order valence-corrected chi connectivity index (χ1v) is 9.11. The molecule has 1 unspecified atom stereocenters. The summed E-state index contributed by atoms with van der Waals surface area (Å²) in [6.45, 7) is 4.61. The van der Waals surface area contributed by atoms with Gasteiger partial charge in [0.15, 0.2) is 0 Å². The maximum atomic E-state index is 12.3. The third-order valence-electron chi connectivity index (χ3n) is 4.58. The van der Waals surface area contributed by atoms with E-state index in [1.54, 1.807) is 0 Å². The number of nitrogens with one attached hydrogen (secondary N) is 2. The number of amides is 2. The van der Waals surface area contributed by atoms with Crippen LogP contribution >= 0.6 is 11.6 Å². The summed E-state index contributed by atoms with van der Waals surface area (Å²) in [6.07, 6.45) is 2.38. The first kappa shape index (κ1) is 17.8. The van der Waals surface area contributed by atoms with Gasteiger partial charge in [0.1, 0.15) is 0 Å². The zero-order valence-corrected chi connectivity index (χ0v) is 15.2. The van der Waals surface area contributed by atoms with Gasteiger partial charge in [0.25, 0.3) is 0 Å². The Labute approximate surface area is 154 Å². The second kappa shape index (κ2) is 8.37. The molecule has 2 N–H and O–H groups in total. The van der Waals surface area contributed by atoms with Crippen LogP contribution in [0.3, 0.4) is 0 Å². The zero-order chi connectivity index (χ0) is 17.6. The van der Waals surface area contributed by atoms with E-state index in [2.05, 4.69) is 15.5 Å². The summed E-state index contributed by atoms with van der Waals surface area (Å²) in [4.78, 5) is 14.7. The molecular formula is C20H24ClN3O. The van der Waals surface area contributed by atoms with Gasteiger partial charge in [-0.15, -0.1) is 0 Å². The van der Waals surface area contributed by atoms with Crippen LogP contribution in [0.5, 0.6) is 0 Å². The molecule has 3 rings (SSSR count). The minimum absolute atomic E-state index is 0.0967. The van der Waals surface area contributed by atoms with Gasteiger partial charge in [-0.1, -0.05) is 41.9 Å². The van der Waals surface area contributed by atoms with Crippen molar-refractivity contribution in [3.8, 4) is 0 Å². The predicted molar refractivity (Wildman–Crippen MR) is 103 cm³/mol. The molecule has 0 radical (unpaired) electrons. The quantitative estimate of drug-likeness (QED) is 0.820. The summed E-state index contributed by atoms with van der Waals surface area (Å²) in [5.41, 5.74) is 2.98. The maximum Gasteiger partial charge on any atom is 0.319 e. The van der Waals surface area contributed by atoms with Gasteiger partial charge in [0.05, 0.1) is 6.04 Å². The van der Waals surface area contributed by atoms with E-state index in [1.165, 1.54) is 12.8 Å². The third-order valence-corrected chi connectivity index (χ3v) is 4.92. The molecule has 0 spiro atoms. The Morgan fingerprint density at radius 2 is 1.92 bits per heavy atom. The van der Waals surface area contributed by atoms with E-state index in [1.807, 2.05) is 55.5 Å². The summed E-state index contributed by atoms with van der Waals surface area (Å²) in [5.74, 6) is 0. The molecule has 1 saturated heterocycles. The van der Waals surface area contributed by atoms with Crippen molar-refractivity contribution >= 4 is 23.3 Å². The summed E-state index contributed by atoms with van der Waals surface area (Å²) in [6, 6.07) is 15.6. The molecule has 0 saturated carbocycles. The minimum Gasteiger partial charge on any atom is -0.336 e. The van der Waals surface area contributed by atoms with Crippen molar-refractivity contribution in [3.63, 3.8) is 0 Å². The average Bonchev–Trinajstić information content (AvgIpc) is 3.11. The SMILES string of the molecule is Cc1cccc(NC(=O)NCC(c2ccccc2Cl)N2CCCC2)c1. The van der Waals surface area contributed by atoms with E-state index in [9.17, 15) is 4.79 Å². The van der Waals surface area contributed by atoms with Crippen molar-refractivity contribution in [2.75, 3.05) is 25.0 Å². The standard InChI is InChI=1S/C20H24ClN3O/c1-15-7-6-8-16(13-15)23-20(25)22-14-19(24-11-4-5-12-24)17-9-2-3-10-18(17)21/h2-3,6-10,13,19H,4-5,11-12,14H2,1H3,(H2,22,23,25). The lowest BCUT2D eigenvalue weighted by Gasteiger charge is -2.29. The van der Waals surface area contributed by atoms with Crippen molar-refractivity contribution < 1.29 is 4.79 Å². The number of hydrogen-bond donors (Lipinski definition) is 2. The molecule has 25 heavy (non-hydrogen) atoms. The fourth-order valence-corrected chi connectivity index (χ4v) is 3.58. The van der Waals surface area contributed by atoms with Crippen LogP contribution in [0.4, 0.5) is 10.5 Å². The fourth-order valence-electron chi connectivity index (χ4n) is 3.32. The van der Waals surface area contributed by atoms with Crippen molar-refractivity contribution in [3.05, 3.63) is 64.7 Å². The summed E-state index contributed by atoms with van der Waals surface area (Å²) in [7, 11) is 0. The second-order valence-corrected chi connectivity index (χ2v) is 6.89. The highest BCUT2D eigenvalue weighted by Gasteiger charge is 2.25. The van der Waals surface area contributed by atoms with E-state index in [-0.39, 0.29) is 12.1 Å². The second-order valence-electron chi connectivity index (χ2n) is 6.48. The number of aryl methyl sites for hydroxylation is 1. The molecule has 4 nitrogen and oxygen atoms in total. The third kappa shape index (κ3) is 4.74. The smallest absolute Gasteiger partial charge is 0.319 e. The van der Waals surface area contributed by atoms with E-state index >= 15 is 0 Å². The maximum absolute atomic E-state index is 12.3. The van der Waals surface area contributed by atoms with Gasteiger partial charge < -0.3 is 10.6 Å². The Bertz CT molecular complexity index is 728. The Morgan fingerprint density at radius 3 is 2.64 bits per heavy atom. The van der Waals surface area contributed by atoms with Crippen molar-refractivity contribution in [1.29, 1.82) is 0 Å². The number of nitrogens with zero attached hydrogens (tertiary/aromatic N) is 1. The molecule has 1 heterocycles. The topological polar surface area (TPSA) is 44.4 Å². The lowest BCUT2D eigenvalue weighted by atomic mass is 10.1. The molecule has 2 amide bonds. The largest absolute Gasteiger partial charge is 0.336 e. The molecule has 1 fully saturated rings. The van der Waals surface area contributed by atoms with Gasteiger partial charge in [-0.3, -0.25) is 4.90 Å². The van der Waals surface area contributed by atoms with Crippen LogP contribution in [0.1, 0.15) is 30.0 Å². The predicted octanol–water partition coefficient (Wildman–Crippen LogP) is 4.61. The molecular weight excluding hydrogens is 334 g/mol. The molecule has 0 aliphatic carbocycles. The Kier molecular flexibility index (Phi) is 5.95. The Hall–Kier alpha value is -2.04. The van der Waals surface area contributed by atoms with Crippen LogP contribution in [0, 0.1) is 6.92 Å². The van der Waals surface area contributed by atoms with Gasteiger partial charge in [0.2, 0.25) is 0 Å². The molecule has 1 atom stereocenters. The highest BCUT2D eigenvalue weighted by molar-refractivity contribution is 6.31. The van der Waals surface area contributed by atoms with Gasteiger partial charge in [-0.2, -0.15) is 0 Å². The van der Waals surface area contributed by atoms with Crippen LogP contribution in [-0.2, 0) is 0 Å². The van der Waals surface area contributed by atoms with Gasteiger partial charge in [0, 0.05) is 17.3 Å². The molecule has 1 aliphatic heterocycles. The molecule has 2 aromatic carbocycles. The summed E-state index contributed by atoms with van der Waals surface area (Å²) < 4.78 is 0. The van der Waals surface area contributed by atoms with Gasteiger partial charge >= 0.3 is 6.03 Å². The molecule has 0 bridgehead atoms. The van der Waals surface area contributed by atoms with Gasteiger partial charge in [-0.25, -0.2) is 4.79 Å². The van der Waals surface area contributed by atoms with Crippen LogP contribution < -0.4 is 10.6 Å². The zero-order valence-electron chi connectivity index (χ0n) is 14.5. The Balaban J connectivity index is 1.66. The van der Waals surface area contributed by atoms with Crippen molar-refractivity contribution in [2.24, 2.45) is 0 Å². The number of carbonyl (C=O) groups excluding carboxylic acids is 1. The monoisotopic (exact) mass is 357 g/mol. The van der Waals surface area contributed by atoms with E-state index in [4.69, 9.17) is 11.6 Å². The number of hydrogen-bond acceptors (Lipinski definition) is 2. The number of likely N-dealkylation sites (tertiary alicyclic amines) is 1. The van der Waals surface area contributed by atoms with Crippen molar-refractivity contribution in [2.45, 2.75) is 25.8 Å². The molecule has 5 heteroatoms. The van der Waals surface area contributed by atoms with Crippen LogP contribution in [0.25, 0.3) is 0 Å². The molecule has 0 aromatic heterocycles. The van der Waals surface area contributed by atoms with E-state index in [0.717, 1.165) is 34.9 Å². The van der Waals surface area contributed by atoms with Crippen LogP contribution in [-0.4, -0.2) is 30.6 Å². The normalized spacial score (nSPS) is 15.8. The van der Waals surface area contributed by atoms with Crippen LogP contribution in [0.2, 0.25) is 5.02 Å². The molecule has 2 aromatic rings. The highest BCUT2D eigenvalue weighted by Crippen LogP contribution is 2.29.